The van der Waals surface area contributed by atoms with Gasteiger partial charge in [0.15, 0.2) is 0 Å². The molecule has 0 aliphatic carbocycles. The number of para-hydroxylation sites is 1. The van der Waals surface area contributed by atoms with Crippen molar-refractivity contribution in [3.8, 4) is 0 Å². The van der Waals surface area contributed by atoms with E-state index in [2.05, 4.69) is 55.3 Å². The smallest absolute Gasteiger partial charge is 0.228 e. The molecule has 23 heavy (non-hydrogen) atoms. The summed E-state index contributed by atoms with van der Waals surface area (Å²) in [6.07, 6.45) is 1.52. The van der Waals surface area contributed by atoms with Crippen molar-refractivity contribution in [1.82, 2.24) is 4.90 Å². The molecule has 1 aliphatic heterocycles. The molecule has 0 spiro atoms. The van der Waals surface area contributed by atoms with Gasteiger partial charge in [-0.2, -0.15) is 0 Å². The highest BCUT2D eigenvalue weighted by molar-refractivity contribution is 5.96. The summed E-state index contributed by atoms with van der Waals surface area (Å²) in [6, 6.07) is 18.9. The Balaban J connectivity index is 1.57. The highest BCUT2D eigenvalue weighted by Gasteiger charge is 2.30. The molecule has 0 saturated heterocycles. The summed E-state index contributed by atoms with van der Waals surface area (Å²) < 4.78 is 0. The lowest BCUT2D eigenvalue weighted by Crippen LogP contribution is -2.37. The molecule has 0 N–H and O–H groups in total. The third-order valence-corrected chi connectivity index (χ3v) is 4.48. The number of benzene rings is 2. The fraction of sp³-hybridized carbons (Fsp3) is 0.350. The maximum absolute atomic E-state index is 12.7. The minimum Gasteiger partial charge on any atom is -0.309 e. The molecule has 2 aromatic carbocycles. The Hall–Kier alpha value is -2.13. The van der Waals surface area contributed by atoms with Crippen LogP contribution in [0.25, 0.3) is 0 Å². The Morgan fingerprint density at radius 2 is 1.83 bits per heavy atom. The highest BCUT2D eigenvalue weighted by atomic mass is 16.2. The molecule has 120 valence electrons. The summed E-state index contributed by atoms with van der Waals surface area (Å²) in [5.74, 6) is 0.224. The SMILES string of the molecule is CC1Cc2ccccc2N1C(=O)CCN(C)Cc1ccccc1. The number of carbonyl (C=O) groups is 1. The zero-order valence-corrected chi connectivity index (χ0v) is 13.9. The topological polar surface area (TPSA) is 23.6 Å². The second-order valence-electron chi connectivity index (χ2n) is 6.42. The first-order chi connectivity index (χ1) is 11.1. The van der Waals surface area contributed by atoms with Crippen LogP contribution in [0.2, 0.25) is 0 Å². The van der Waals surface area contributed by atoms with Crippen molar-refractivity contribution in [3.05, 3.63) is 65.7 Å². The van der Waals surface area contributed by atoms with Gasteiger partial charge in [-0.05, 0) is 37.6 Å². The van der Waals surface area contributed by atoms with Crippen LogP contribution in [-0.4, -0.2) is 30.4 Å². The quantitative estimate of drug-likeness (QED) is 0.844. The van der Waals surface area contributed by atoms with Crippen LogP contribution < -0.4 is 4.90 Å². The number of hydrogen-bond donors (Lipinski definition) is 0. The van der Waals surface area contributed by atoms with Crippen LogP contribution in [0.1, 0.15) is 24.5 Å². The fourth-order valence-electron chi connectivity index (χ4n) is 3.33. The highest BCUT2D eigenvalue weighted by Crippen LogP contribution is 2.32. The molecule has 1 unspecified atom stereocenters. The molecule has 3 nitrogen and oxygen atoms in total. The van der Waals surface area contributed by atoms with E-state index >= 15 is 0 Å². The van der Waals surface area contributed by atoms with Crippen LogP contribution in [0, 0.1) is 0 Å². The van der Waals surface area contributed by atoms with E-state index in [4.69, 9.17) is 0 Å². The van der Waals surface area contributed by atoms with Crippen LogP contribution in [0.3, 0.4) is 0 Å². The van der Waals surface area contributed by atoms with Gasteiger partial charge in [-0.1, -0.05) is 48.5 Å². The van der Waals surface area contributed by atoms with Gasteiger partial charge in [-0.25, -0.2) is 0 Å². The normalized spacial score (nSPS) is 16.7. The number of nitrogens with zero attached hydrogens (tertiary/aromatic N) is 2. The minimum atomic E-state index is 0.224. The lowest BCUT2D eigenvalue weighted by Gasteiger charge is -2.24. The first-order valence-electron chi connectivity index (χ1n) is 8.27. The molecule has 0 fully saturated rings. The van der Waals surface area contributed by atoms with Crippen molar-refractivity contribution >= 4 is 11.6 Å². The molecule has 1 heterocycles. The standard InChI is InChI=1S/C20H24N2O/c1-16-14-18-10-6-7-11-19(18)22(16)20(23)12-13-21(2)15-17-8-4-3-5-9-17/h3-11,16H,12-15H2,1-2H3. The van der Waals surface area contributed by atoms with Crippen LogP contribution in [-0.2, 0) is 17.8 Å². The summed E-state index contributed by atoms with van der Waals surface area (Å²) >= 11 is 0. The van der Waals surface area contributed by atoms with Crippen LogP contribution in [0.4, 0.5) is 5.69 Å². The maximum Gasteiger partial charge on any atom is 0.228 e. The second-order valence-corrected chi connectivity index (χ2v) is 6.42. The summed E-state index contributed by atoms with van der Waals surface area (Å²) in [4.78, 5) is 16.9. The predicted octanol–water partition coefficient (Wildman–Crippen LogP) is 3.49. The van der Waals surface area contributed by atoms with E-state index in [-0.39, 0.29) is 11.9 Å². The second kappa shape index (κ2) is 6.97. The monoisotopic (exact) mass is 308 g/mol. The molecule has 1 aliphatic rings. The van der Waals surface area contributed by atoms with Crippen LogP contribution in [0.15, 0.2) is 54.6 Å². The van der Waals surface area contributed by atoms with Crippen molar-refractivity contribution in [1.29, 1.82) is 0 Å². The molecular formula is C20H24N2O. The number of rotatable bonds is 5. The van der Waals surface area contributed by atoms with Gasteiger partial charge < -0.3 is 9.80 Å². The van der Waals surface area contributed by atoms with E-state index in [1.807, 2.05) is 23.1 Å². The van der Waals surface area contributed by atoms with Gasteiger partial charge in [0.1, 0.15) is 0 Å². The molecule has 1 atom stereocenters. The van der Waals surface area contributed by atoms with Crippen molar-refractivity contribution < 1.29 is 4.79 Å². The lowest BCUT2D eigenvalue weighted by molar-refractivity contribution is -0.119. The van der Waals surface area contributed by atoms with Gasteiger partial charge in [0.2, 0.25) is 5.91 Å². The average Bonchev–Trinajstić information content (AvgIpc) is 2.89. The number of fused-ring (bicyclic) bond motifs is 1. The van der Waals surface area contributed by atoms with Crippen LogP contribution in [0.5, 0.6) is 0 Å². The summed E-state index contributed by atoms with van der Waals surface area (Å²) in [7, 11) is 2.07. The molecule has 3 heteroatoms. The zero-order valence-electron chi connectivity index (χ0n) is 13.9. The van der Waals surface area contributed by atoms with E-state index < -0.39 is 0 Å². The lowest BCUT2D eigenvalue weighted by atomic mass is 10.1. The maximum atomic E-state index is 12.7. The van der Waals surface area contributed by atoms with Crippen molar-refractivity contribution in [2.75, 3.05) is 18.5 Å². The van der Waals surface area contributed by atoms with E-state index in [0.29, 0.717) is 6.42 Å². The van der Waals surface area contributed by atoms with Crippen molar-refractivity contribution in [2.45, 2.75) is 32.4 Å². The molecular weight excluding hydrogens is 284 g/mol. The Labute approximate surface area is 138 Å². The summed E-state index contributed by atoms with van der Waals surface area (Å²) in [5.41, 5.74) is 3.66. The third-order valence-electron chi connectivity index (χ3n) is 4.48. The molecule has 2 aromatic rings. The average molecular weight is 308 g/mol. The minimum absolute atomic E-state index is 0.224. The predicted molar refractivity (Wildman–Crippen MR) is 94.5 cm³/mol. The van der Waals surface area contributed by atoms with Gasteiger partial charge in [0.25, 0.3) is 0 Å². The largest absolute Gasteiger partial charge is 0.309 e. The molecule has 0 saturated carbocycles. The summed E-state index contributed by atoms with van der Waals surface area (Å²) in [5, 5.41) is 0. The molecule has 1 amide bonds. The van der Waals surface area contributed by atoms with Crippen LogP contribution >= 0.6 is 0 Å². The first-order valence-corrected chi connectivity index (χ1v) is 8.27. The van der Waals surface area contributed by atoms with E-state index in [0.717, 1.165) is 25.2 Å². The van der Waals surface area contributed by atoms with E-state index in [1.165, 1.54) is 11.1 Å². The van der Waals surface area contributed by atoms with E-state index in [9.17, 15) is 4.79 Å². The molecule has 0 aromatic heterocycles. The number of anilines is 1. The number of amides is 1. The number of hydrogen-bond acceptors (Lipinski definition) is 2. The van der Waals surface area contributed by atoms with Gasteiger partial charge in [0, 0.05) is 31.2 Å². The summed E-state index contributed by atoms with van der Waals surface area (Å²) in [6.45, 7) is 3.78. The van der Waals surface area contributed by atoms with E-state index in [1.54, 1.807) is 0 Å². The van der Waals surface area contributed by atoms with Crippen molar-refractivity contribution in [3.63, 3.8) is 0 Å². The number of carbonyl (C=O) groups excluding carboxylic acids is 1. The molecule has 0 radical (unpaired) electrons. The zero-order chi connectivity index (χ0) is 16.2. The fourth-order valence-corrected chi connectivity index (χ4v) is 3.33. The van der Waals surface area contributed by atoms with Gasteiger partial charge >= 0.3 is 0 Å². The molecule has 0 bridgehead atoms. The Bertz CT molecular complexity index is 668. The Morgan fingerprint density at radius 1 is 1.13 bits per heavy atom. The molecule has 3 rings (SSSR count). The Morgan fingerprint density at radius 3 is 2.61 bits per heavy atom. The Kier molecular flexibility index (Phi) is 4.77. The van der Waals surface area contributed by atoms with Gasteiger partial charge in [-0.15, -0.1) is 0 Å². The van der Waals surface area contributed by atoms with Gasteiger partial charge in [-0.3, -0.25) is 4.79 Å². The first kappa shape index (κ1) is 15.8. The third kappa shape index (κ3) is 3.62. The van der Waals surface area contributed by atoms with Crippen molar-refractivity contribution in [2.24, 2.45) is 0 Å². The van der Waals surface area contributed by atoms with Gasteiger partial charge in [0.05, 0.1) is 0 Å².